The van der Waals surface area contributed by atoms with Crippen LogP contribution >= 0.6 is 0 Å². The molecule has 0 saturated heterocycles. The number of benzene rings is 1. The van der Waals surface area contributed by atoms with Gasteiger partial charge in [-0.2, -0.15) is 0 Å². The normalized spacial score (nSPS) is 11.8. The van der Waals surface area contributed by atoms with Gasteiger partial charge in [0.15, 0.2) is 0 Å². The number of halogens is 1. The Bertz CT molecular complexity index is 997. The summed E-state index contributed by atoms with van der Waals surface area (Å²) < 4.78 is 13.2. The Morgan fingerprint density at radius 1 is 1.10 bits per heavy atom. The van der Waals surface area contributed by atoms with E-state index >= 15 is 0 Å². The molecule has 0 spiro atoms. The third-order valence-electron chi connectivity index (χ3n) is 4.49. The van der Waals surface area contributed by atoms with E-state index in [4.69, 9.17) is 0 Å². The Labute approximate surface area is 180 Å². The van der Waals surface area contributed by atoms with Gasteiger partial charge in [-0.05, 0) is 50.8 Å². The highest BCUT2D eigenvalue weighted by atomic mass is 19.1. The zero-order chi connectivity index (χ0) is 22.2. The average Bonchev–Trinajstić information content (AvgIpc) is 2.74. The first kappa shape index (κ1) is 22.1. The summed E-state index contributed by atoms with van der Waals surface area (Å²) in [6.07, 6.45) is 4.71. The lowest BCUT2D eigenvalue weighted by Gasteiger charge is -2.17. The van der Waals surface area contributed by atoms with Crippen molar-refractivity contribution in [2.45, 2.75) is 13.0 Å². The fourth-order valence-electron chi connectivity index (χ4n) is 2.85. The van der Waals surface area contributed by atoms with Gasteiger partial charge < -0.3 is 20.9 Å². The molecule has 31 heavy (non-hydrogen) atoms. The van der Waals surface area contributed by atoms with Crippen molar-refractivity contribution in [3.63, 3.8) is 0 Å². The van der Waals surface area contributed by atoms with Crippen LogP contribution in [0.5, 0.6) is 0 Å². The number of carbonyl (C=O) groups is 1. The first-order valence-electron chi connectivity index (χ1n) is 9.91. The molecule has 0 aliphatic rings. The summed E-state index contributed by atoms with van der Waals surface area (Å²) in [5.74, 6) is 0.973. The van der Waals surface area contributed by atoms with Crippen LogP contribution in [-0.2, 0) is 0 Å². The monoisotopic (exact) mass is 423 g/mol. The molecular weight excluding hydrogens is 397 g/mol. The molecule has 3 aromatic rings. The first-order chi connectivity index (χ1) is 14.9. The summed E-state index contributed by atoms with van der Waals surface area (Å²) in [4.78, 5) is 27.5. The molecule has 9 heteroatoms. The summed E-state index contributed by atoms with van der Waals surface area (Å²) >= 11 is 0. The fourth-order valence-corrected chi connectivity index (χ4v) is 2.85. The zero-order valence-corrected chi connectivity index (χ0v) is 17.8. The van der Waals surface area contributed by atoms with E-state index in [1.807, 2.05) is 25.9 Å². The van der Waals surface area contributed by atoms with Crippen LogP contribution in [0.15, 0.2) is 55.0 Å². The van der Waals surface area contributed by atoms with Crippen LogP contribution in [0, 0.1) is 5.82 Å². The van der Waals surface area contributed by atoms with Gasteiger partial charge in [0, 0.05) is 37.1 Å². The van der Waals surface area contributed by atoms with Crippen molar-refractivity contribution in [2.75, 3.05) is 37.8 Å². The van der Waals surface area contributed by atoms with Crippen molar-refractivity contribution < 1.29 is 9.18 Å². The molecule has 0 fully saturated rings. The molecule has 0 unspecified atom stereocenters. The molecular formula is C22H26FN7O. The van der Waals surface area contributed by atoms with Crippen LogP contribution in [-0.4, -0.2) is 52.9 Å². The molecule has 0 aliphatic heterocycles. The van der Waals surface area contributed by atoms with E-state index in [9.17, 15) is 9.18 Å². The van der Waals surface area contributed by atoms with Crippen LogP contribution in [0.3, 0.4) is 0 Å². The number of anilines is 3. The van der Waals surface area contributed by atoms with Crippen molar-refractivity contribution >= 4 is 23.4 Å². The number of nitrogens with zero attached hydrogens (tertiary/aromatic N) is 4. The highest BCUT2D eigenvalue weighted by Gasteiger charge is 2.13. The Hall–Kier alpha value is -3.59. The molecule has 1 atom stereocenters. The van der Waals surface area contributed by atoms with E-state index in [0.29, 0.717) is 29.6 Å². The smallest absolute Gasteiger partial charge is 0.251 e. The summed E-state index contributed by atoms with van der Waals surface area (Å²) in [6.45, 7) is 3.19. The van der Waals surface area contributed by atoms with E-state index < -0.39 is 0 Å². The Morgan fingerprint density at radius 2 is 1.84 bits per heavy atom. The van der Waals surface area contributed by atoms with Crippen LogP contribution in [0.25, 0.3) is 0 Å². The molecule has 162 valence electrons. The van der Waals surface area contributed by atoms with Gasteiger partial charge in [0.1, 0.15) is 23.3 Å². The molecule has 2 aromatic heterocycles. The lowest BCUT2D eigenvalue weighted by atomic mass is 10.1. The van der Waals surface area contributed by atoms with Crippen molar-refractivity contribution in [3.8, 4) is 0 Å². The number of amides is 1. The van der Waals surface area contributed by atoms with Gasteiger partial charge in [-0.1, -0.05) is 12.1 Å². The predicted octanol–water partition coefficient (Wildman–Crippen LogP) is 3.22. The maximum absolute atomic E-state index is 13.2. The van der Waals surface area contributed by atoms with Gasteiger partial charge in [0.25, 0.3) is 5.91 Å². The highest BCUT2D eigenvalue weighted by Crippen LogP contribution is 2.22. The van der Waals surface area contributed by atoms with Crippen LogP contribution in [0.1, 0.15) is 28.9 Å². The van der Waals surface area contributed by atoms with Gasteiger partial charge in [0.2, 0.25) is 0 Å². The van der Waals surface area contributed by atoms with E-state index in [-0.39, 0.29) is 17.8 Å². The summed E-state index contributed by atoms with van der Waals surface area (Å²) in [5, 5.41) is 9.25. The van der Waals surface area contributed by atoms with Gasteiger partial charge in [-0.15, -0.1) is 0 Å². The first-order valence-corrected chi connectivity index (χ1v) is 9.91. The van der Waals surface area contributed by atoms with E-state index in [0.717, 1.165) is 12.1 Å². The minimum atomic E-state index is -0.291. The SMILES string of the molecule is C[C@H](Nc1cc(C(=O)NCCN(C)C)cc(Nc2cnccn2)n1)c1ccc(F)cc1. The fraction of sp³-hybridized carbons (Fsp3) is 0.273. The predicted molar refractivity (Wildman–Crippen MR) is 119 cm³/mol. The van der Waals surface area contributed by atoms with Crippen molar-refractivity contribution in [1.82, 2.24) is 25.2 Å². The third kappa shape index (κ3) is 6.71. The van der Waals surface area contributed by atoms with Crippen molar-refractivity contribution in [1.29, 1.82) is 0 Å². The van der Waals surface area contributed by atoms with Crippen LogP contribution < -0.4 is 16.0 Å². The lowest BCUT2D eigenvalue weighted by molar-refractivity contribution is 0.0951. The number of aromatic nitrogens is 3. The molecule has 2 heterocycles. The number of hydrogen-bond donors (Lipinski definition) is 3. The standard InChI is InChI=1S/C22H26FN7O/c1-15(16-4-6-18(23)7-5-16)27-19-12-17(22(31)26-10-11-30(2)3)13-20(28-19)29-21-14-24-8-9-25-21/h4-9,12-15H,10-11H2,1-3H3,(H,26,31)(H2,25,27,28,29)/t15-/m0/s1. The maximum Gasteiger partial charge on any atom is 0.251 e. The lowest BCUT2D eigenvalue weighted by Crippen LogP contribution is -2.31. The quantitative estimate of drug-likeness (QED) is 0.486. The molecule has 8 nitrogen and oxygen atoms in total. The second kappa shape index (κ2) is 10.4. The second-order valence-corrected chi connectivity index (χ2v) is 7.32. The molecule has 3 rings (SSSR count). The number of pyridine rings is 1. The van der Waals surface area contributed by atoms with Crippen molar-refractivity contribution in [2.24, 2.45) is 0 Å². The topological polar surface area (TPSA) is 95.1 Å². The van der Waals surface area contributed by atoms with Crippen molar-refractivity contribution in [3.05, 3.63) is 71.9 Å². The van der Waals surface area contributed by atoms with Crippen LogP contribution in [0.4, 0.5) is 21.8 Å². The summed E-state index contributed by atoms with van der Waals surface area (Å²) in [5.41, 5.74) is 1.35. The summed E-state index contributed by atoms with van der Waals surface area (Å²) in [6, 6.07) is 9.45. The van der Waals surface area contributed by atoms with Crippen LogP contribution in [0.2, 0.25) is 0 Å². The highest BCUT2D eigenvalue weighted by molar-refractivity contribution is 5.95. The van der Waals surface area contributed by atoms with E-state index in [2.05, 4.69) is 30.9 Å². The minimum absolute atomic E-state index is 0.149. The average molecular weight is 423 g/mol. The maximum atomic E-state index is 13.2. The number of hydrogen-bond acceptors (Lipinski definition) is 7. The van der Waals surface area contributed by atoms with Gasteiger partial charge in [-0.3, -0.25) is 9.78 Å². The third-order valence-corrected chi connectivity index (χ3v) is 4.49. The molecule has 3 N–H and O–H groups in total. The number of rotatable bonds is 9. The molecule has 0 bridgehead atoms. The zero-order valence-electron chi connectivity index (χ0n) is 17.8. The Kier molecular flexibility index (Phi) is 7.45. The van der Waals surface area contributed by atoms with Gasteiger partial charge in [0.05, 0.1) is 6.20 Å². The van der Waals surface area contributed by atoms with Gasteiger partial charge in [-0.25, -0.2) is 14.4 Å². The molecule has 1 amide bonds. The second-order valence-electron chi connectivity index (χ2n) is 7.32. The van der Waals surface area contributed by atoms with E-state index in [1.165, 1.54) is 12.1 Å². The Balaban J connectivity index is 1.83. The molecule has 0 radical (unpaired) electrons. The van der Waals surface area contributed by atoms with E-state index in [1.54, 1.807) is 42.9 Å². The molecule has 0 saturated carbocycles. The largest absolute Gasteiger partial charge is 0.363 e. The molecule has 0 aliphatic carbocycles. The number of likely N-dealkylation sites (N-methyl/N-ethyl adjacent to an activating group) is 1. The Morgan fingerprint density at radius 3 is 2.52 bits per heavy atom. The number of carbonyl (C=O) groups excluding carboxylic acids is 1. The minimum Gasteiger partial charge on any atom is -0.363 e. The number of nitrogens with one attached hydrogen (secondary N) is 3. The van der Waals surface area contributed by atoms with Gasteiger partial charge >= 0.3 is 0 Å². The summed E-state index contributed by atoms with van der Waals surface area (Å²) in [7, 11) is 3.89. The molecule has 1 aromatic carbocycles.